The molecule has 8 heteroatoms. The van der Waals surface area contributed by atoms with Gasteiger partial charge in [0.25, 0.3) is 5.56 Å². The molecule has 0 spiro atoms. The molecule has 0 aliphatic rings. The molecule has 0 radical (unpaired) electrons. The molecule has 0 amide bonds. The van der Waals surface area contributed by atoms with Crippen LogP contribution >= 0.6 is 23.6 Å². The minimum atomic E-state index is -0.139. The molecule has 3 aromatic heterocycles. The molecule has 0 unspecified atom stereocenters. The molecule has 0 aliphatic heterocycles. The van der Waals surface area contributed by atoms with E-state index < -0.39 is 0 Å². The average Bonchev–Trinajstić information content (AvgIpc) is 2.93. The van der Waals surface area contributed by atoms with Crippen LogP contribution in [0.4, 0.5) is 0 Å². The molecular weight excluding hydrogens is 272 g/mol. The van der Waals surface area contributed by atoms with Crippen LogP contribution in [0.2, 0.25) is 0 Å². The molecule has 3 heterocycles. The van der Waals surface area contributed by atoms with Crippen LogP contribution in [0.5, 0.6) is 0 Å². The van der Waals surface area contributed by atoms with Crippen molar-refractivity contribution < 1.29 is 4.52 Å². The van der Waals surface area contributed by atoms with E-state index in [1.165, 1.54) is 15.9 Å². The molecular formula is C10H8N4O2S2. The van der Waals surface area contributed by atoms with Crippen molar-refractivity contribution in [3.8, 4) is 0 Å². The third-order valence-electron chi connectivity index (χ3n) is 2.45. The second kappa shape index (κ2) is 4.14. The number of nitrogens with zero attached hydrogens (tertiary/aromatic N) is 3. The van der Waals surface area contributed by atoms with Crippen molar-refractivity contribution in [1.82, 2.24) is 19.7 Å². The number of aryl methyl sites for hydroxylation is 1. The van der Waals surface area contributed by atoms with Crippen LogP contribution in [0.1, 0.15) is 11.7 Å². The zero-order chi connectivity index (χ0) is 12.7. The van der Waals surface area contributed by atoms with Gasteiger partial charge < -0.3 is 9.51 Å². The topological polar surface area (TPSA) is 76.7 Å². The molecule has 0 aromatic carbocycles. The molecule has 1 N–H and O–H groups in total. The first-order valence-corrected chi connectivity index (χ1v) is 6.43. The number of aromatic amines is 1. The summed E-state index contributed by atoms with van der Waals surface area (Å²) in [5.41, 5.74) is 0.618. The maximum absolute atomic E-state index is 12.2. The quantitative estimate of drug-likeness (QED) is 0.725. The highest BCUT2D eigenvalue weighted by atomic mass is 32.1. The third-order valence-corrected chi connectivity index (χ3v) is 3.68. The summed E-state index contributed by atoms with van der Waals surface area (Å²) in [6.45, 7) is 1.90. The Morgan fingerprint density at radius 3 is 3.17 bits per heavy atom. The normalized spacial score (nSPS) is 11.2. The van der Waals surface area contributed by atoms with Crippen LogP contribution in [-0.4, -0.2) is 19.7 Å². The molecule has 3 aromatic rings. The molecule has 0 bridgehead atoms. The van der Waals surface area contributed by atoms with Crippen LogP contribution in [-0.2, 0) is 6.54 Å². The van der Waals surface area contributed by atoms with Gasteiger partial charge in [-0.25, -0.2) is 0 Å². The number of hydrogen-bond donors (Lipinski definition) is 1. The molecule has 6 nitrogen and oxygen atoms in total. The van der Waals surface area contributed by atoms with Crippen molar-refractivity contribution in [2.45, 2.75) is 13.5 Å². The number of nitrogens with one attached hydrogen (secondary N) is 1. The lowest BCUT2D eigenvalue weighted by atomic mass is 10.4. The van der Waals surface area contributed by atoms with E-state index in [0.717, 1.165) is 5.52 Å². The molecule has 3 rings (SSSR count). The highest BCUT2D eigenvalue weighted by molar-refractivity contribution is 7.71. The van der Waals surface area contributed by atoms with Gasteiger partial charge in [0.1, 0.15) is 11.2 Å². The van der Waals surface area contributed by atoms with E-state index in [0.29, 0.717) is 21.2 Å². The van der Waals surface area contributed by atoms with Gasteiger partial charge in [-0.05, 0) is 30.6 Å². The van der Waals surface area contributed by atoms with Gasteiger partial charge in [0.15, 0.2) is 10.6 Å². The molecule has 0 aliphatic carbocycles. The van der Waals surface area contributed by atoms with Crippen LogP contribution in [0, 0.1) is 11.7 Å². The first-order valence-electron chi connectivity index (χ1n) is 5.14. The van der Waals surface area contributed by atoms with Crippen LogP contribution in [0.25, 0.3) is 10.2 Å². The average molecular weight is 280 g/mol. The summed E-state index contributed by atoms with van der Waals surface area (Å²) in [6.07, 6.45) is 0. The first kappa shape index (κ1) is 11.3. The minimum absolute atomic E-state index is 0.139. The van der Waals surface area contributed by atoms with Gasteiger partial charge in [0.2, 0.25) is 5.89 Å². The molecule has 92 valence electrons. The summed E-state index contributed by atoms with van der Waals surface area (Å²) < 4.78 is 7.40. The van der Waals surface area contributed by atoms with E-state index >= 15 is 0 Å². The Bertz CT molecular complexity index is 826. The van der Waals surface area contributed by atoms with E-state index in [-0.39, 0.29) is 12.1 Å². The summed E-state index contributed by atoms with van der Waals surface area (Å²) in [4.78, 5) is 19.3. The Morgan fingerprint density at radius 1 is 1.61 bits per heavy atom. The lowest BCUT2D eigenvalue weighted by molar-refractivity contribution is 0.365. The van der Waals surface area contributed by atoms with Crippen molar-refractivity contribution >= 4 is 33.8 Å². The second-order valence-electron chi connectivity index (χ2n) is 3.72. The summed E-state index contributed by atoms with van der Waals surface area (Å²) in [6, 6.07) is 1.83. The van der Waals surface area contributed by atoms with Gasteiger partial charge in [-0.1, -0.05) is 5.16 Å². The van der Waals surface area contributed by atoms with Gasteiger partial charge in [0, 0.05) is 0 Å². The van der Waals surface area contributed by atoms with E-state index in [1.807, 2.05) is 11.4 Å². The first-order chi connectivity index (χ1) is 8.65. The fourth-order valence-electron chi connectivity index (χ4n) is 1.65. The number of fused-ring (bicyclic) bond motifs is 1. The number of rotatable bonds is 2. The highest BCUT2D eigenvalue weighted by Crippen LogP contribution is 2.14. The van der Waals surface area contributed by atoms with Gasteiger partial charge in [-0.15, -0.1) is 11.3 Å². The van der Waals surface area contributed by atoms with E-state index in [2.05, 4.69) is 15.1 Å². The van der Waals surface area contributed by atoms with Crippen LogP contribution < -0.4 is 5.56 Å². The predicted octanol–water partition coefficient (Wildman–Crippen LogP) is 1.86. The molecule has 0 atom stereocenters. The van der Waals surface area contributed by atoms with Crippen molar-refractivity contribution in [1.29, 1.82) is 0 Å². The molecule has 0 saturated carbocycles. The predicted molar refractivity (Wildman–Crippen MR) is 69.4 cm³/mol. The Balaban J connectivity index is 2.17. The van der Waals surface area contributed by atoms with Crippen LogP contribution in [0.15, 0.2) is 20.8 Å². The van der Waals surface area contributed by atoms with Gasteiger partial charge >= 0.3 is 0 Å². The highest BCUT2D eigenvalue weighted by Gasteiger charge is 2.10. The Kier molecular flexibility index (Phi) is 2.60. The minimum Gasteiger partial charge on any atom is -0.337 e. The summed E-state index contributed by atoms with van der Waals surface area (Å²) in [7, 11) is 0. The Morgan fingerprint density at radius 2 is 2.44 bits per heavy atom. The fourth-order valence-corrected chi connectivity index (χ4v) is 2.71. The summed E-state index contributed by atoms with van der Waals surface area (Å²) in [5, 5.41) is 5.53. The van der Waals surface area contributed by atoms with Crippen LogP contribution in [0.3, 0.4) is 0 Å². The third kappa shape index (κ3) is 1.79. The smallest absolute Gasteiger partial charge is 0.272 e. The fraction of sp³-hybridized carbons (Fsp3) is 0.200. The summed E-state index contributed by atoms with van der Waals surface area (Å²) >= 11 is 6.54. The lowest BCUT2D eigenvalue weighted by Crippen LogP contribution is -2.22. The molecule has 0 fully saturated rings. The summed E-state index contributed by atoms with van der Waals surface area (Å²) in [5.74, 6) is 0.898. The zero-order valence-corrected chi connectivity index (χ0v) is 11.0. The van der Waals surface area contributed by atoms with Gasteiger partial charge in [-0.3, -0.25) is 9.36 Å². The Labute approximate surface area is 110 Å². The SMILES string of the molecule is Cc1noc(Cn2c(=S)[nH]c3ccsc3c2=O)n1. The van der Waals surface area contributed by atoms with Crippen molar-refractivity contribution in [2.75, 3.05) is 0 Å². The number of hydrogen-bond acceptors (Lipinski definition) is 6. The zero-order valence-electron chi connectivity index (χ0n) is 9.34. The van der Waals surface area contributed by atoms with Crippen molar-refractivity contribution in [3.63, 3.8) is 0 Å². The standard InChI is InChI=1S/C10H8N4O2S2/c1-5-11-7(16-13-5)4-14-9(15)8-6(2-3-18-8)12-10(14)17/h2-3H,4H2,1H3,(H,12,17). The van der Waals surface area contributed by atoms with Crippen molar-refractivity contribution in [3.05, 3.63) is 38.3 Å². The van der Waals surface area contributed by atoms with E-state index in [9.17, 15) is 4.79 Å². The Hall–Kier alpha value is -1.80. The van der Waals surface area contributed by atoms with E-state index in [4.69, 9.17) is 16.7 Å². The number of thiophene rings is 1. The van der Waals surface area contributed by atoms with E-state index in [1.54, 1.807) is 6.92 Å². The second-order valence-corrected chi connectivity index (χ2v) is 5.02. The molecule has 0 saturated heterocycles. The largest absolute Gasteiger partial charge is 0.337 e. The maximum Gasteiger partial charge on any atom is 0.272 e. The van der Waals surface area contributed by atoms with Gasteiger partial charge in [0.05, 0.1) is 5.52 Å². The molecule has 18 heavy (non-hydrogen) atoms. The monoisotopic (exact) mass is 280 g/mol. The maximum atomic E-state index is 12.2. The number of aromatic nitrogens is 4. The number of H-pyrrole nitrogens is 1. The van der Waals surface area contributed by atoms with Gasteiger partial charge in [-0.2, -0.15) is 4.98 Å². The lowest BCUT2D eigenvalue weighted by Gasteiger charge is -2.02. The van der Waals surface area contributed by atoms with Crippen molar-refractivity contribution in [2.24, 2.45) is 0 Å².